The van der Waals surface area contributed by atoms with E-state index >= 15 is 0 Å². The van der Waals surface area contributed by atoms with Gasteiger partial charge in [-0.15, -0.1) is 0 Å². The van der Waals surface area contributed by atoms with Gasteiger partial charge in [-0.05, 0) is 67.0 Å². The molecule has 2 unspecified atom stereocenters. The molecule has 3 N–H and O–H groups in total. The molecule has 2 aliphatic rings. The third-order valence-corrected chi connectivity index (χ3v) is 7.60. The summed E-state index contributed by atoms with van der Waals surface area (Å²) in [5, 5.41) is 2.67. The van der Waals surface area contributed by atoms with Crippen molar-refractivity contribution in [3.8, 4) is 0 Å². The van der Waals surface area contributed by atoms with E-state index in [2.05, 4.69) is 10.3 Å². The topological polar surface area (TPSA) is 122 Å². The number of benzene rings is 1. The highest BCUT2D eigenvalue weighted by Gasteiger charge is 2.56. The molecule has 1 spiro atoms. The molecule has 0 radical (unpaired) electrons. The third-order valence-electron chi connectivity index (χ3n) is 6.76. The molecule has 1 aromatic carbocycles. The number of hydrogen-bond donors (Lipinski definition) is 2. The first-order valence-electron chi connectivity index (χ1n) is 11.5. The van der Waals surface area contributed by atoms with Crippen LogP contribution in [-0.2, 0) is 20.9 Å². The molecule has 0 bridgehead atoms. The molecule has 0 saturated carbocycles. The van der Waals surface area contributed by atoms with Crippen LogP contribution in [0, 0.1) is 11.2 Å². The molecular weight excluding hydrogens is 568 g/mol. The number of aromatic nitrogens is 1. The van der Waals surface area contributed by atoms with E-state index < -0.39 is 20.9 Å². The zero-order valence-corrected chi connectivity index (χ0v) is 21.8. The smallest absolute Gasteiger partial charge is 0.255 e. The second-order valence-corrected chi connectivity index (χ2v) is 11.0. The van der Waals surface area contributed by atoms with Gasteiger partial charge in [0.15, 0.2) is 4.05 Å². The van der Waals surface area contributed by atoms with Gasteiger partial charge >= 0.3 is 0 Å². The minimum Gasteiger partial charge on any atom is -0.447 e. The summed E-state index contributed by atoms with van der Waals surface area (Å²) in [5.74, 6) is -0.965. The number of carbonyl (C=O) groups is 3. The van der Waals surface area contributed by atoms with Crippen molar-refractivity contribution in [2.24, 2.45) is 11.1 Å². The predicted octanol–water partition coefficient (Wildman–Crippen LogP) is 2.16. The molecule has 9 nitrogen and oxygen atoms in total. The van der Waals surface area contributed by atoms with Crippen molar-refractivity contribution in [2.75, 3.05) is 19.6 Å². The maximum Gasteiger partial charge on any atom is 0.255 e. The van der Waals surface area contributed by atoms with Crippen LogP contribution in [0.4, 0.5) is 4.39 Å². The van der Waals surface area contributed by atoms with Crippen LogP contribution in [0.15, 0.2) is 41.1 Å². The van der Waals surface area contributed by atoms with Crippen LogP contribution in [0.1, 0.15) is 44.1 Å². The Morgan fingerprint density at radius 3 is 2.71 bits per heavy atom. The normalized spacial score (nSPS) is 23.6. The standard InChI is InChI=1S/C24H29FIN5O4/c1-23(2,27)21(33)29-19(26)20(32)30-10-3-8-24(14-30)17(15-4-6-16(25)7-5-15)12-31(22(24)34)13-18-28-9-11-35-18/h4-7,9,11,17,19H,3,8,10,12-14,27H2,1-2H3,(H,29,33)/t17?,19-,24?/m0/s1. The highest BCUT2D eigenvalue weighted by Crippen LogP contribution is 2.50. The molecule has 2 aromatic rings. The molecular formula is C24H29FIN5O4. The van der Waals surface area contributed by atoms with E-state index in [-0.39, 0.29) is 36.6 Å². The fourth-order valence-corrected chi connectivity index (χ4v) is 5.62. The lowest BCUT2D eigenvalue weighted by Gasteiger charge is -2.43. The van der Waals surface area contributed by atoms with Gasteiger partial charge in [-0.2, -0.15) is 0 Å². The number of nitrogens with two attached hydrogens (primary N) is 1. The number of nitrogens with one attached hydrogen (secondary N) is 1. The number of amides is 3. The first kappa shape index (κ1) is 25.5. The van der Waals surface area contributed by atoms with E-state index in [9.17, 15) is 18.8 Å². The molecule has 35 heavy (non-hydrogen) atoms. The van der Waals surface area contributed by atoms with Gasteiger partial charge in [0.05, 0.1) is 23.7 Å². The number of oxazole rings is 1. The van der Waals surface area contributed by atoms with Crippen LogP contribution in [0.25, 0.3) is 0 Å². The summed E-state index contributed by atoms with van der Waals surface area (Å²) in [5.41, 5.74) is 4.70. The van der Waals surface area contributed by atoms with Gasteiger partial charge in [-0.25, -0.2) is 9.37 Å². The van der Waals surface area contributed by atoms with Crippen LogP contribution < -0.4 is 11.1 Å². The van der Waals surface area contributed by atoms with Gasteiger partial charge < -0.3 is 25.3 Å². The van der Waals surface area contributed by atoms with E-state index in [0.717, 1.165) is 5.56 Å². The van der Waals surface area contributed by atoms with Gasteiger partial charge in [-0.1, -0.05) is 12.1 Å². The monoisotopic (exact) mass is 597 g/mol. The fourth-order valence-electron chi connectivity index (χ4n) is 4.95. The second-order valence-electron chi connectivity index (χ2n) is 9.79. The SMILES string of the molecule is CC(C)(N)C(=O)N[C@H](I)C(=O)N1CCCC2(C1)C(=O)N(Cc1ncco1)CC2c1ccc(F)cc1. The number of hydrogen-bond acceptors (Lipinski definition) is 6. The predicted molar refractivity (Wildman–Crippen MR) is 134 cm³/mol. The van der Waals surface area contributed by atoms with Gasteiger partial charge in [0.1, 0.15) is 12.1 Å². The van der Waals surface area contributed by atoms with Gasteiger partial charge in [0.25, 0.3) is 5.91 Å². The Bertz CT molecular complexity index is 1090. The zero-order valence-electron chi connectivity index (χ0n) is 19.7. The lowest BCUT2D eigenvalue weighted by Crippen LogP contribution is -2.57. The first-order valence-corrected chi connectivity index (χ1v) is 12.7. The number of carbonyl (C=O) groups excluding carboxylic acids is 3. The van der Waals surface area contributed by atoms with E-state index in [1.807, 2.05) is 22.6 Å². The molecule has 3 amide bonds. The van der Waals surface area contributed by atoms with Crippen LogP contribution in [0.3, 0.4) is 0 Å². The van der Waals surface area contributed by atoms with Gasteiger partial charge in [-0.3, -0.25) is 14.4 Å². The number of likely N-dealkylation sites (tertiary alicyclic amines) is 2. The Balaban J connectivity index is 1.60. The van der Waals surface area contributed by atoms with Crippen molar-refractivity contribution in [1.29, 1.82) is 0 Å². The van der Waals surface area contributed by atoms with Crippen molar-refractivity contribution < 1.29 is 23.2 Å². The Hall–Kier alpha value is -2.54. The number of alkyl halides is 1. The molecule has 3 atom stereocenters. The van der Waals surface area contributed by atoms with E-state index in [4.69, 9.17) is 10.2 Å². The largest absolute Gasteiger partial charge is 0.447 e. The molecule has 2 fully saturated rings. The average molecular weight is 597 g/mol. The summed E-state index contributed by atoms with van der Waals surface area (Å²) >= 11 is 1.88. The minimum atomic E-state index is -1.12. The van der Waals surface area contributed by atoms with Crippen molar-refractivity contribution in [3.63, 3.8) is 0 Å². The Morgan fingerprint density at radius 2 is 2.09 bits per heavy atom. The van der Waals surface area contributed by atoms with Crippen LogP contribution >= 0.6 is 22.6 Å². The molecule has 1 aromatic heterocycles. The van der Waals surface area contributed by atoms with Gasteiger partial charge in [0, 0.05) is 25.6 Å². The average Bonchev–Trinajstić information content (AvgIpc) is 3.41. The molecule has 3 heterocycles. The number of rotatable bonds is 6. The number of piperidine rings is 1. The summed E-state index contributed by atoms with van der Waals surface area (Å²) in [7, 11) is 0. The molecule has 2 saturated heterocycles. The second kappa shape index (κ2) is 9.84. The van der Waals surface area contributed by atoms with Gasteiger partial charge in [0.2, 0.25) is 17.7 Å². The van der Waals surface area contributed by atoms with Crippen molar-refractivity contribution >= 4 is 40.3 Å². The summed E-state index contributed by atoms with van der Waals surface area (Å²) in [6.07, 6.45) is 4.21. The Labute approximate surface area is 216 Å². The fraction of sp³-hybridized carbons (Fsp3) is 0.500. The summed E-state index contributed by atoms with van der Waals surface area (Å²) < 4.78 is 18.2. The van der Waals surface area contributed by atoms with Crippen LogP contribution in [-0.4, -0.2) is 61.7 Å². The number of halogens is 2. The minimum absolute atomic E-state index is 0.0836. The summed E-state index contributed by atoms with van der Waals surface area (Å²) in [6, 6.07) is 6.19. The quantitative estimate of drug-likeness (QED) is 0.299. The zero-order chi connectivity index (χ0) is 25.4. The summed E-state index contributed by atoms with van der Waals surface area (Å²) in [6.45, 7) is 4.44. The molecule has 4 rings (SSSR count). The highest BCUT2D eigenvalue weighted by atomic mass is 127. The van der Waals surface area contributed by atoms with Crippen LogP contribution in [0.5, 0.6) is 0 Å². The molecule has 2 aliphatic heterocycles. The lowest BCUT2D eigenvalue weighted by atomic mass is 9.69. The van der Waals surface area contributed by atoms with E-state index in [1.54, 1.807) is 35.8 Å². The van der Waals surface area contributed by atoms with Crippen molar-refractivity contribution in [3.05, 3.63) is 54.0 Å². The number of nitrogens with zero attached hydrogens (tertiary/aromatic N) is 3. The molecule has 11 heteroatoms. The van der Waals surface area contributed by atoms with Crippen molar-refractivity contribution in [2.45, 2.75) is 48.7 Å². The maximum atomic E-state index is 13.9. The van der Waals surface area contributed by atoms with Crippen LogP contribution in [0.2, 0.25) is 0 Å². The first-order chi connectivity index (χ1) is 16.5. The Kier molecular flexibility index (Phi) is 7.18. The third kappa shape index (κ3) is 5.20. The highest BCUT2D eigenvalue weighted by molar-refractivity contribution is 14.1. The van der Waals surface area contributed by atoms with E-state index in [1.165, 1.54) is 24.6 Å². The van der Waals surface area contributed by atoms with Crippen molar-refractivity contribution in [1.82, 2.24) is 20.1 Å². The maximum absolute atomic E-state index is 13.9. The molecule has 188 valence electrons. The Morgan fingerprint density at radius 1 is 1.37 bits per heavy atom. The van der Waals surface area contributed by atoms with E-state index in [0.29, 0.717) is 31.8 Å². The summed E-state index contributed by atoms with van der Waals surface area (Å²) in [4.78, 5) is 47.0. The molecule has 0 aliphatic carbocycles. The lowest BCUT2D eigenvalue weighted by molar-refractivity contribution is -0.145.